The number of nitrogens with zero attached hydrogens (tertiary/aromatic N) is 3. The molecule has 206 valence electrons. The summed E-state index contributed by atoms with van der Waals surface area (Å²) in [6.45, 7) is 0. The molecule has 41 heavy (non-hydrogen) atoms. The minimum Gasteiger partial charge on any atom is -0.506 e. The van der Waals surface area contributed by atoms with Gasteiger partial charge < -0.3 is 25.7 Å². The van der Waals surface area contributed by atoms with Crippen molar-refractivity contribution in [1.29, 1.82) is 0 Å². The standard InChI is InChI=1S/C12H9ClN2O2.C12H7ClN2O.C6H7NO/c13-11-6-5-8(7-14-11)12(17)15-9-3-1-2-4-10(9)16;13-11-6-5-8(7-14-11)12-15-9-3-1-2-4-10(9)16-12;7-5-3-1-2-4-6(5)8/h1-7,16H,(H,15,17);1-7H;1-4,8H,7H2. The van der Waals surface area contributed by atoms with Crippen LogP contribution in [0.1, 0.15) is 10.4 Å². The van der Waals surface area contributed by atoms with E-state index in [9.17, 15) is 9.90 Å². The lowest BCUT2D eigenvalue weighted by molar-refractivity contribution is 0.102. The lowest BCUT2D eigenvalue weighted by Gasteiger charge is -2.06. The Morgan fingerprint density at radius 3 is 1.98 bits per heavy atom. The first-order chi connectivity index (χ1) is 19.8. The van der Waals surface area contributed by atoms with Crippen LogP contribution in [0.2, 0.25) is 10.3 Å². The minimum atomic E-state index is -0.351. The first-order valence-electron chi connectivity index (χ1n) is 12.0. The van der Waals surface area contributed by atoms with Gasteiger partial charge in [0.15, 0.2) is 5.58 Å². The minimum absolute atomic E-state index is 0.0165. The highest BCUT2D eigenvalue weighted by Crippen LogP contribution is 2.24. The Morgan fingerprint density at radius 2 is 1.39 bits per heavy atom. The molecule has 0 bridgehead atoms. The Balaban J connectivity index is 0.000000151. The molecule has 0 aliphatic rings. The maximum Gasteiger partial charge on any atom is 0.257 e. The summed E-state index contributed by atoms with van der Waals surface area (Å²) in [5, 5.41) is 21.6. The number of hydrogen-bond acceptors (Lipinski definition) is 8. The zero-order valence-electron chi connectivity index (χ0n) is 21.3. The maximum atomic E-state index is 11.8. The molecule has 9 nitrogen and oxygen atoms in total. The Kier molecular flexibility index (Phi) is 9.71. The topological polar surface area (TPSA) is 147 Å². The predicted octanol–water partition coefficient (Wildman–Crippen LogP) is 7.21. The number of anilines is 2. The number of hydrogen-bond donors (Lipinski definition) is 4. The SMILES string of the molecule is Clc1ccc(-c2nc3ccccc3o2)cn1.Nc1ccccc1O.O=C(Nc1ccccc1O)c1ccc(Cl)nc1. The second kappa shape index (κ2) is 13.8. The Morgan fingerprint density at radius 1 is 0.756 bits per heavy atom. The number of para-hydroxylation sites is 6. The van der Waals surface area contributed by atoms with Crippen molar-refractivity contribution in [2.24, 2.45) is 0 Å². The van der Waals surface area contributed by atoms with Crippen molar-refractivity contribution >= 4 is 51.6 Å². The zero-order valence-corrected chi connectivity index (χ0v) is 22.8. The number of nitrogens with one attached hydrogen (secondary N) is 1. The number of halogens is 2. The van der Waals surface area contributed by atoms with E-state index in [1.54, 1.807) is 60.8 Å². The fourth-order valence-corrected chi connectivity index (χ4v) is 3.49. The highest BCUT2D eigenvalue weighted by atomic mass is 35.5. The summed E-state index contributed by atoms with van der Waals surface area (Å²) in [5.41, 5.74) is 8.85. The van der Waals surface area contributed by atoms with Crippen molar-refractivity contribution in [3.8, 4) is 23.0 Å². The van der Waals surface area contributed by atoms with Gasteiger partial charge in [-0.2, -0.15) is 0 Å². The van der Waals surface area contributed by atoms with Crippen LogP contribution in [0.4, 0.5) is 11.4 Å². The smallest absolute Gasteiger partial charge is 0.257 e. The number of fused-ring (bicyclic) bond motifs is 1. The summed E-state index contributed by atoms with van der Waals surface area (Å²) in [4.78, 5) is 23.9. The molecule has 6 rings (SSSR count). The predicted molar refractivity (Wildman–Crippen MR) is 160 cm³/mol. The average Bonchev–Trinajstić information content (AvgIpc) is 3.42. The summed E-state index contributed by atoms with van der Waals surface area (Å²) in [6, 6.07) is 27.5. The van der Waals surface area contributed by atoms with E-state index in [0.29, 0.717) is 33.1 Å². The molecule has 0 aliphatic heterocycles. The summed E-state index contributed by atoms with van der Waals surface area (Å²) in [7, 11) is 0. The van der Waals surface area contributed by atoms with E-state index < -0.39 is 0 Å². The van der Waals surface area contributed by atoms with Crippen LogP contribution in [-0.2, 0) is 0 Å². The summed E-state index contributed by atoms with van der Waals surface area (Å²) in [5.74, 6) is 0.372. The Bertz CT molecular complexity index is 1690. The number of phenolic OH excluding ortho intramolecular Hbond substituents is 2. The summed E-state index contributed by atoms with van der Waals surface area (Å²) < 4.78 is 5.60. The van der Waals surface area contributed by atoms with E-state index in [0.717, 1.165) is 16.7 Å². The molecule has 0 fully saturated rings. The van der Waals surface area contributed by atoms with Crippen LogP contribution in [0.3, 0.4) is 0 Å². The molecule has 3 aromatic heterocycles. The number of carbonyl (C=O) groups excluding carboxylic acids is 1. The molecule has 0 saturated heterocycles. The third-order valence-corrected chi connectivity index (χ3v) is 5.79. The van der Waals surface area contributed by atoms with E-state index in [2.05, 4.69) is 20.3 Å². The highest BCUT2D eigenvalue weighted by Gasteiger charge is 2.09. The molecule has 11 heteroatoms. The van der Waals surface area contributed by atoms with Crippen molar-refractivity contribution in [2.75, 3.05) is 11.1 Å². The number of benzene rings is 3. The van der Waals surface area contributed by atoms with Gasteiger partial charge in [-0.3, -0.25) is 4.79 Å². The van der Waals surface area contributed by atoms with E-state index in [4.69, 9.17) is 38.5 Å². The number of aromatic nitrogens is 3. The van der Waals surface area contributed by atoms with Gasteiger partial charge >= 0.3 is 0 Å². The van der Waals surface area contributed by atoms with Gasteiger partial charge in [-0.1, -0.05) is 59.6 Å². The molecule has 0 aliphatic carbocycles. The first kappa shape index (κ1) is 28.9. The lowest BCUT2D eigenvalue weighted by atomic mass is 10.2. The fraction of sp³-hybridized carbons (Fsp3) is 0. The number of carbonyl (C=O) groups is 1. The van der Waals surface area contributed by atoms with E-state index in [1.807, 2.05) is 30.3 Å². The Labute approximate surface area is 244 Å². The van der Waals surface area contributed by atoms with E-state index >= 15 is 0 Å². The number of nitrogen functional groups attached to an aromatic ring is 1. The second-order valence-corrected chi connectivity index (χ2v) is 9.03. The molecular weight excluding hydrogens is 565 g/mol. The quantitative estimate of drug-likeness (QED) is 0.0963. The first-order valence-corrected chi connectivity index (χ1v) is 12.8. The molecule has 1 amide bonds. The normalized spacial score (nSPS) is 10.1. The van der Waals surface area contributed by atoms with Crippen LogP contribution in [0.5, 0.6) is 11.5 Å². The number of oxazole rings is 1. The molecule has 0 saturated carbocycles. The van der Waals surface area contributed by atoms with Gasteiger partial charge in [0, 0.05) is 12.4 Å². The van der Waals surface area contributed by atoms with Crippen molar-refractivity contribution in [1.82, 2.24) is 15.0 Å². The van der Waals surface area contributed by atoms with Gasteiger partial charge in [-0.25, -0.2) is 15.0 Å². The number of phenols is 2. The van der Waals surface area contributed by atoms with Crippen LogP contribution < -0.4 is 11.1 Å². The van der Waals surface area contributed by atoms with Crippen LogP contribution in [0, 0.1) is 0 Å². The van der Waals surface area contributed by atoms with E-state index in [-0.39, 0.29) is 17.4 Å². The van der Waals surface area contributed by atoms with E-state index in [1.165, 1.54) is 18.3 Å². The average molecular weight is 588 g/mol. The number of nitrogens with two attached hydrogens (primary N) is 1. The molecule has 3 heterocycles. The monoisotopic (exact) mass is 587 g/mol. The number of pyridine rings is 2. The largest absolute Gasteiger partial charge is 0.506 e. The molecule has 0 unspecified atom stereocenters. The molecule has 6 aromatic rings. The number of rotatable bonds is 3. The molecule has 0 radical (unpaired) electrons. The lowest BCUT2D eigenvalue weighted by Crippen LogP contribution is -2.12. The van der Waals surface area contributed by atoms with Crippen LogP contribution in [0.25, 0.3) is 22.6 Å². The molecular formula is C30H23Cl2N5O4. The third-order valence-electron chi connectivity index (χ3n) is 5.35. The molecule has 0 spiro atoms. The maximum absolute atomic E-state index is 11.8. The molecule has 3 aromatic carbocycles. The van der Waals surface area contributed by atoms with Gasteiger partial charge in [0.2, 0.25) is 5.89 Å². The van der Waals surface area contributed by atoms with Crippen molar-refractivity contribution in [3.05, 3.63) is 125 Å². The van der Waals surface area contributed by atoms with Gasteiger partial charge in [-0.05, 0) is 60.7 Å². The van der Waals surface area contributed by atoms with Gasteiger partial charge in [0.1, 0.15) is 27.3 Å². The van der Waals surface area contributed by atoms with Gasteiger partial charge in [-0.15, -0.1) is 0 Å². The van der Waals surface area contributed by atoms with Gasteiger partial charge in [0.05, 0.1) is 22.5 Å². The van der Waals surface area contributed by atoms with Crippen LogP contribution >= 0.6 is 23.2 Å². The van der Waals surface area contributed by atoms with Crippen LogP contribution in [-0.4, -0.2) is 31.1 Å². The second-order valence-electron chi connectivity index (χ2n) is 8.26. The van der Waals surface area contributed by atoms with Gasteiger partial charge in [0.25, 0.3) is 5.91 Å². The highest BCUT2D eigenvalue weighted by molar-refractivity contribution is 6.29. The zero-order chi connectivity index (χ0) is 29.2. The van der Waals surface area contributed by atoms with Crippen molar-refractivity contribution < 1.29 is 19.4 Å². The van der Waals surface area contributed by atoms with Crippen molar-refractivity contribution in [2.45, 2.75) is 0 Å². The Hall–Kier alpha value is -5.12. The molecule has 5 N–H and O–H groups in total. The van der Waals surface area contributed by atoms with Crippen molar-refractivity contribution in [3.63, 3.8) is 0 Å². The fourth-order valence-electron chi connectivity index (χ4n) is 3.27. The summed E-state index contributed by atoms with van der Waals surface area (Å²) in [6.07, 6.45) is 3.02. The number of amides is 1. The number of aromatic hydroxyl groups is 2. The third kappa shape index (κ3) is 8.18. The summed E-state index contributed by atoms with van der Waals surface area (Å²) >= 11 is 11.3. The molecule has 0 atom stereocenters. The van der Waals surface area contributed by atoms with Crippen LogP contribution in [0.15, 0.2) is 114 Å².